The van der Waals surface area contributed by atoms with Crippen LogP contribution in [0.1, 0.15) is 31.7 Å². The first-order chi connectivity index (χ1) is 10.5. The van der Waals surface area contributed by atoms with E-state index in [1.807, 2.05) is 26.2 Å². The van der Waals surface area contributed by atoms with Gasteiger partial charge in [0.15, 0.2) is 0 Å². The number of amides is 1. The normalized spacial score (nSPS) is 19.9. The molecule has 1 amide bonds. The SMILES string of the molecule is CC(CC(=O)Nc1cccc(CN(C)C)c1)C1CCCNC1. The van der Waals surface area contributed by atoms with Gasteiger partial charge in [0.25, 0.3) is 0 Å². The summed E-state index contributed by atoms with van der Waals surface area (Å²) in [5.74, 6) is 1.18. The second-order valence-corrected chi connectivity index (χ2v) is 6.77. The average Bonchev–Trinajstić information content (AvgIpc) is 2.47. The van der Waals surface area contributed by atoms with Crippen LogP contribution in [0.4, 0.5) is 5.69 Å². The number of rotatable bonds is 6. The molecule has 0 aliphatic carbocycles. The quantitative estimate of drug-likeness (QED) is 0.849. The first-order valence-corrected chi connectivity index (χ1v) is 8.29. The molecule has 4 heteroatoms. The Morgan fingerprint density at radius 1 is 1.45 bits per heavy atom. The largest absolute Gasteiger partial charge is 0.326 e. The van der Waals surface area contributed by atoms with E-state index >= 15 is 0 Å². The molecule has 122 valence electrons. The van der Waals surface area contributed by atoms with E-state index in [1.54, 1.807) is 0 Å². The standard InChI is InChI=1S/C18H29N3O/c1-14(16-7-5-9-19-12-16)10-18(22)20-17-8-4-6-15(11-17)13-21(2)3/h4,6,8,11,14,16,19H,5,7,9-10,12-13H2,1-3H3,(H,20,22). The summed E-state index contributed by atoms with van der Waals surface area (Å²) in [5, 5.41) is 6.48. The van der Waals surface area contributed by atoms with Crippen LogP contribution in [0.15, 0.2) is 24.3 Å². The summed E-state index contributed by atoms with van der Waals surface area (Å²) in [4.78, 5) is 14.4. The molecule has 22 heavy (non-hydrogen) atoms. The van der Waals surface area contributed by atoms with Gasteiger partial charge in [-0.05, 0) is 69.6 Å². The van der Waals surface area contributed by atoms with E-state index in [2.05, 4.69) is 34.6 Å². The summed E-state index contributed by atoms with van der Waals surface area (Å²) < 4.78 is 0. The average molecular weight is 303 g/mol. The number of piperidine rings is 1. The van der Waals surface area contributed by atoms with Crippen LogP contribution in [-0.2, 0) is 11.3 Å². The van der Waals surface area contributed by atoms with Gasteiger partial charge in [0, 0.05) is 18.7 Å². The molecule has 1 aliphatic rings. The van der Waals surface area contributed by atoms with Gasteiger partial charge in [-0.3, -0.25) is 4.79 Å². The van der Waals surface area contributed by atoms with Gasteiger partial charge in [-0.25, -0.2) is 0 Å². The molecule has 0 radical (unpaired) electrons. The van der Waals surface area contributed by atoms with E-state index in [0.29, 0.717) is 18.3 Å². The molecular formula is C18H29N3O. The summed E-state index contributed by atoms with van der Waals surface area (Å²) in [6.07, 6.45) is 3.06. The van der Waals surface area contributed by atoms with E-state index in [9.17, 15) is 4.79 Å². The van der Waals surface area contributed by atoms with Crippen molar-refractivity contribution in [3.05, 3.63) is 29.8 Å². The summed E-state index contributed by atoms with van der Waals surface area (Å²) in [6, 6.07) is 8.11. The predicted molar refractivity (Wildman–Crippen MR) is 91.8 cm³/mol. The Kier molecular flexibility index (Phi) is 6.40. The number of nitrogens with one attached hydrogen (secondary N) is 2. The molecule has 0 aromatic heterocycles. The zero-order valence-corrected chi connectivity index (χ0v) is 14.1. The molecule has 1 aromatic rings. The maximum absolute atomic E-state index is 12.3. The van der Waals surface area contributed by atoms with Crippen molar-refractivity contribution in [1.29, 1.82) is 0 Å². The Balaban J connectivity index is 1.85. The van der Waals surface area contributed by atoms with Gasteiger partial charge in [-0.2, -0.15) is 0 Å². The van der Waals surface area contributed by atoms with Gasteiger partial charge in [0.05, 0.1) is 0 Å². The molecule has 1 heterocycles. The second-order valence-electron chi connectivity index (χ2n) is 6.77. The van der Waals surface area contributed by atoms with E-state index in [-0.39, 0.29) is 5.91 Å². The van der Waals surface area contributed by atoms with Crippen molar-refractivity contribution in [2.45, 2.75) is 32.7 Å². The molecule has 4 nitrogen and oxygen atoms in total. The highest BCUT2D eigenvalue weighted by atomic mass is 16.1. The lowest BCUT2D eigenvalue weighted by Gasteiger charge is -2.28. The zero-order chi connectivity index (χ0) is 15.9. The second kappa shape index (κ2) is 8.30. The third kappa shape index (κ3) is 5.43. The molecule has 1 aromatic carbocycles. The predicted octanol–water partition coefficient (Wildman–Crippen LogP) is 2.71. The molecular weight excluding hydrogens is 274 g/mol. The Hall–Kier alpha value is -1.39. The highest BCUT2D eigenvalue weighted by Crippen LogP contribution is 2.23. The van der Waals surface area contributed by atoms with Crippen molar-refractivity contribution in [2.24, 2.45) is 11.8 Å². The van der Waals surface area contributed by atoms with Crippen LogP contribution in [0.25, 0.3) is 0 Å². The van der Waals surface area contributed by atoms with Gasteiger partial charge < -0.3 is 15.5 Å². The van der Waals surface area contributed by atoms with Gasteiger partial charge in [-0.15, -0.1) is 0 Å². The van der Waals surface area contributed by atoms with Crippen LogP contribution in [0.2, 0.25) is 0 Å². The Morgan fingerprint density at radius 3 is 2.95 bits per heavy atom. The Labute approximate surface area is 134 Å². The first kappa shape index (κ1) is 17.0. The minimum Gasteiger partial charge on any atom is -0.326 e. The molecule has 2 rings (SSSR count). The van der Waals surface area contributed by atoms with Crippen LogP contribution in [0.3, 0.4) is 0 Å². The van der Waals surface area contributed by atoms with E-state index in [4.69, 9.17) is 0 Å². The van der Waals surface area contributed by atoms with Crippen molar-refractivity contribution < 1.29 is 4.79 Å². The van der Waals surface area contributed by atoms with Crippen LogP contribution in [0.5, 0.6) is 0 Å². The summed E-state index contributed by atoms with van der Waals surface area (Å²) in [5.41, 5.74) is 2.12. The molecule has 1 saturated heterocycles. The van der Waals surface area contributed by atoms with Crippen LogP contribution < -0.4 is 10.6 Å². The van der Waals surface area contributed by atoms with Crippen LogP contribution in [0, 0.1) is 11.8 Å². The third-order valence-corrected chi connectivity index (χ3v) is 4.36. The molecule has 0 bridgehead atoms. The highest BCUT2D eigenvalue weighted by molar-refractivity contribution is 5.90. The molecule has 1 fully saturated rings. The lowest BCUT2D eigenvalue weighted by molar-refractivity contribution is -0.117. The van der Waals surface area contributed by atoms with Crippen molar-refractivity contribution in [1.82, 2.24) is 10.2 Å². The van der Waals surface area contributed by atoms with Gasteiger partial charge in [0.1, 0.15) is 0 Å². The van der Waals surface area contributed by atoms with E-state index in [0.717, 1.165) is 25.3 Å². The van der Waals surface area contributed by atoms with Gasteiger partial charge in [-0.1, -0.05) is 19.1 Å². The summed E-state index contributed by atoms with van der Waals surface area (Å²) >= 11 is 0. The van der Waals surface area contributed by atoms with Crippen molar-refractivity contribution in [3.63, 3.8) is 0 Å². The summed E-state index contributed by atoms with van der Waals surface area (Å²) in [6.45, 7) is 5.24. The number of hydrogen-bond donors (Lipinski definition) is 2. The molecule has 0 saturated carbocycles. The molecule has 2 unspecified atom stereocenters. The number of carbonyl (C=O) groups excluding carboxylic acids is 1. The number of anilines is 1. The molecule has 2 atom stereocenters. The monoisotopic (exact) mass is 303 g/mol. The first-order valence-electron chi connectivity index (χ1n) is 8.29. The highest BCUT2D eigenvalue weighted by Gasteiger charge is 2.22. The smallest absolute Gasteiger partial charge is 0.224 e. The minimum absolute atomic E-state index is 0.125. The Bertz CT molecular complexity index is 481. The third-order valence-electron chi connectivity index (χ3n) is 4.36. The topological polar surface area (TPSA) is 44.4 Å². The lowest BCUT2D eigenvalue weighted by atomic mass is 9.85. The van der Waals surface area contributed by atoms with Crippen LogP contribution in [-0.4, -0.2) is 38.0 Å². The van der Waals surface area contributed by atoms with Crippen LogP contribution >= 0.6 is 0 Å². The fourth-order valence-electron chi connectivity index (χ4n) is 3.15. The van der Waals surface area contributed by atoms with Crippen molar-refractivity contribution >= 4 is 11.6 Å². The molecule has 2 N–H and O–H groups in total. The van der Waals surface area contributed by atoms with Gasteiger partial charge in [0.2, 0.25) is 5.91 Å². The van der Waals surface area contributed by atoms with Gasteiger partial charge >= 0.3 is 0 Å². The number of benzene rings is 1. The number of nitrogens with zero attached hydrogens (tertiary/aromatic N) is 1. The minimum atomic E-state index is 0.125. The fraction of sp³-hybridized carbons (Fsp3) is 0.611. The van der Waals surface area contributed by atoms with E-state index in [1.165, 1.54) is 18.4 Å². The number of carbonyl (C=O) groups is 1. The lowest BCUT2D eigenvalue weighted by Crippen LogP contribution is -2.34. The molecule has 1 aliphatic heterocycles. The van der Waals surface area contributed by atoms with Crippen molar-refractivity contribution in [2.75, 3.05) is 32.5 Å². The maximum Gasteiger partial charge on any atom is 0.224 e. The van der Waals surface area contributed by atoms with Crippen molar-refractivity contribution in [3.8, 4) is 0 Å². The Morgan fingerprint density at radius 2 is 2.27 bits per heavy atom. The maximum atomic E-state index is 12.3. The van der Waals surface area contributed by atoms with E-state index < -0.39 is 0 Å². The zero-order valence-electron chi connectivity index (χ0n) is 14.1. The fourth-order valence-corrected chi connectivity index (χ4v) is 3.15. The summed E-state index contributed by atoms with van der Waals surface area (Å²) in [7, 11) is 4.09. The number of hydrogen-bond acceptors (Lipinski definition) is 3. The molecule has 0 spiro atoms.